The molecule has 1 aromatic carbocycles. The summed E-state index contributed by atoms with van der Waals surface area (Å²) in [5.41, 5.74) is 0.268. The zero-order chi connectivity index (χ0) is 20.6. The predicted octanol–water partition coefficient (Wildman–Crippen LogP) is 3.77. The van der Waals surface area contributed by atoms with E-state index in [0.717, 1.165) is 25.5 Å². The van der Waals surface area contributed by atoms with Crippen molar-refractivity contribution in [2.24, 2.45) is 11.3 Å². The molecule has 2 aliphatic rings. The number of rotatable bonds is 5. The van der Waals surface area contributed by atoms with Crippen LogP contribution in [-0.2, 0) is 16.1 Å². The fourth-order valence-electron chi connectivity index (χ4n) is 3.95. The van der Waals surface area contributed by atoms with Crippen molar-refractivity contribution in [2.45, 2.75) is 25.9 Å². The number of aromatic nitrogens is 2. The van der Waals surface area contributed by atoms with Gasteiger partial charge in [0.25, 0.3) is 0 Å². The van der Waals surface area contributed by atoms with Gasteiger partial charge in [0.05, 0.1) is 19.2 Å². The summed E-state index contributed by atoms with van der Waals surface area (Å²) < 4.78 is 38.5. The Morgan fingerprint density at radius 2 is 2.07 bits per heavy atom. The van der Waals surface area contributed by atoms with Crippen molar-refractivity contribution in [1.82, 2.24) is 9.97 Å². The molecule has 2 fully saturated rings. The van der Waals surface area contributed by atoms with Gasteiger partial charge in [0, 0.05) is 23.7 Å². The van der Waals surface area contributed by atoms with Crippen molar-refractivity contribution in [2.75, 3.05) is 25.1 Å². The molecule has 6 nitrogen and oxygen atoms in total. The molecule has 9 heteroatoms. The van der Waals surface area contributed by atoms with Gasteiger partial charge in [-0.1, -0.05) is 17.7 Å². The van der Waals surface area contributed by atoms with Gasteiger partial charge in [0.2, 0.25) is 0 Å². The molecule has 4 rings (SSSR count). The Bertz CT molecular complexity index is 935. The lowest BCUT2D eigenvalue weighted by Gasteiger charge is -2.33. The number of halogens is 3. The summed E-state index contributed by atoms with van der Waals surface area (Å²) in [7, 11) is 1.40. The number of nitrogens with zero attached hydrogens (tertiary/aromatic N) is 3. The molecule has 0 radical (unpaired) electrons. The van der Waals surface area contributed by atoms with Gasteiger partial charge in [-0.3, -0.25) is 4.79 Å². The fourth-order valence-corrected chi connectivity index (χ4v) is 4.11. The van der Waals surface area contributed by atoms with Crippen molar-refractivity contribution in [3.63, 3.8) is 0 Å². The van der Waals surface area contributed by atoms with Crippen molar-refractivity contribution in [3.8, 4) is 6.01 Å². The number of piperidine rings is 1. The Morgan fingerprint density at radius 1 is 1.31 bits per heavy atom. The minimum atomic E-state index is -0.550. The van der Waals surface area contributed by atoms with E-state index in [4.69, 9.17) is 21.1 Å². The molecule has 29 heavy (non-hydrogen) atoms. The summed E-state index contributed by atoms with van der Waals surface area (Å²) >= 11 is 5.74. The van der Waals surface area contributed by atoms with E-state index in [-0.39, 0.29) is 35.7 Å². The molecule has 1 aliphatic heterocycles. The van der Waals surface area contributed by atoms with E-state index >= 15 is 0 Å². The lowest BCUT2D eigenvalue weighted by molar-refractivity contribution is -0.143. The first-order chi connectivity index (χ1) is 13.9. The number of methoxy groups -OCH3 is 1. The van der Waals surface area contributed by atoms with Gasteiger partial charge in [-0.15, -0.1) is 0 Å². The monoisotopic (exact) mass is 423 g/mol. The number of benzene rings is 1. The second kappa shape index (κ2) is 7.74. The zero-order valence-corrected chi connectivity index (χ0v) is 16.6. The highest BCUT2D eigenvalue weighted by atomic mass is 35.5. The van der Waals surface area contributed by atoms with Crippen molar-refractivity contribution in [3.05, 3.63) is 46.6 Å². The molecule has 1 unspecified atom stereocenters. The molecule has 0 bridgehead atoms. The summed E-state index contributed by atoms with van der Waals surface area (Å²) in [6.07, 6.45) is 3.40. The summed E-state index contributed by atoms with van der Waals surface area (Å²) in [6, 6.07) is 4.23. The van der Waals surface area contributed by atoms with Crippen molar-refractivity contribution >= 4 is 23.4 Å². The highest BCUT2D eigenvalue weighted by Crippen LogP contribution is 2.60. The minimum absolute atomic E-state index is 0.0292. The normalized spacial score (nSPS) is 19.9. The Morgan fingerprint density at radius 3 is 2.76 bits per heavy atom. The standard InChI is InChI=1S/C20H20ClF2N3O3/c1-28-18(27)14-9-20(14)4-6-26(7-5-20)17-16(23)10-24-19(25-17)29-11-12-2-3-13(21)8-15(12)22/h2-3,8,10,14H,4-7,9,11H2,1H3. The van der Waals surface area contributed by atoms with E-state index in [9.17, 15) is 13.6 Å². The largest absolute Gasteiger partial charge is 0.469 e. The second-order valence-electron chi connectivity index (χ2n) is 7.48. The van der Waals surface area contributed by atoms with E-state index in [1.807, 2.05) is 4.90 Å². The fraction of sp³-hybridized carbons (Fsp3) is 0.450. The molecule has 1 aliphatic carbocycles. The Labute approximate surface area is 171 Å². The Kier molecular flexibility index (Phi) is 5.29. The molecule has 1 saturated heterocycles. The van der Waals surface area contributed by atoms with Crippen molar-refractivity contribution in [1.29, 1.82) is 0 Å². The third-order valence-corrected chi connectivity index (χ3v) is 6.04. The lowest BCUT2D eigenvalue weighted by atomic mass is 9.91. The van der Waals surface area contributed by atoms with Crippen LogP contribution >= 0.6 is 11.6 Å². The summed E-state index contributed by atoms with van der Waals surface area (Å²) in [5.74, 6) is -1.12. The van der Waals surface area contributed by atoms with E-state index in [0.29, 0.717) is 23.7 Å². The maximum Gasteiger partial charge on any atom is 0.318 e. The maximum atomic E-state index is 14.3. The lowest BCUT2D eigenvalue weighted by Crippen LogP contribution is -2.37. The molecule has 2 aromatic rings. The number of hydrogen-bond donors (Lipinski definition) is 0. The Hall–Kier alpha value is -2.48. The number of esters is 1. The first kappa shape index (κ1) is 19.8. The maximum absolute atomic E-state index is 14.3. The van der Waals surface area contributed by atoms with Crippen LogP contribution in [0.3, 0.4) is 0 Å². The van der Waals surface area contributed by atoms with Gasteiger partial charge in [0.15, 0.2) is 11.6 Å². The van der Waals surface area contributed by atoms with Crippen LogP contribution in [0.1, 0.15) is 24.8 Å². The molecule has 1 aromatic heterocycles. The summed E-state index contributed by atoms with van der Waals surface area (Å²) in [4.78, 5) is 21.6. The van der Waals surface area contributed by atoms with Gasteiger partial charge in [-0.25, -0.2) is 13.8 Å². The summed E-state index contributed by atoms with van der Waals surface area (Å²) in [6.45, 7) is 1.05. The van der Waals surface area contributed by atoms with Gasteiger partial charge in [-0.2, -0.15) is 4.98 Å². The van der Waals surface area contributed by atoms with Gasteiger partial charge < -0.3 is 14.4 Å². The smallest absolute Gasteiger partial charge is 0.318 e. The Balaban J connectivity index is 1.41. The van der Waals surface area contributed by atoms with Crippen LogP contribution in [-0.4, -0.2) is 36.1 Å². The molecular weight excluding hydrogens is 404 g/mol. The van der Waals surface area contributed by atoms with Crippen LogP contribution in [0.4, 0.5) is 14.6 Å². The van der Waals surface area contributed by atoms with Crippen LogP contribution in [0.5, 0.6) is 6.01 Å². The zero-order valence-electron chi connectivity index (χ0n) is 15.8. The van der Waals surface area contributed by atoms with E-state index in [1.165, 1.54) is 19.2 Å². The highest BCUT2D eigenvalue weighted by molar-refractivity contribution is 6.30. The third kappa shape index (κ3) is 3.99. The number of ether oxygens (including phenoxy) is 2. The minimum Gasteiger partial charge on any atom is -0.469 e. The predicted molar refractivity (Wildman–Crippen MR) is 102 cm³/mol. The van der Waals surface area contributed by atoms with Crippen LogP contribution in [0, 0.1) is 23.0 Å². The molecule has 2 heterocycles. The van der Waals surface area contributed by atoms with E-state index in [1.54, 1.807) is 6.07 Å². The molecule has 0 amide bonds. The average Bonchev–Trinajstić information content (AvgIpc) is 3.42. The topological polar surface area (TPSA) is 64.5 Å². The summed E-state index contributed by atoms with van der Waals surface area (Å²) in [5, 5.41) is 0.291. The van der Waals surface area contributed by atoms with Gasteiger partial charge in [-0.05, 0) is 36.8 Å². The molecule has 0 N–H and O–H groups in total. The van der Waals surface area contributed by atoms with Gasteiger partial charge in [0.1, 0.15) is 12.4 Å². The van der Waals surface area contributed by atoms with E-state index < -0.39 is 11.6 Å². The molecular formula is C20H20ClF2N3O3. The quantitative estimate of drug-likeness (QED) is 0.682. The SMILES string of the molecule is COC(=O)C1CC12CCN(c1nc(OCc3ccc(Cl)cc3F)ncc1F)CC2. The average molecular weight is 424 g/mol. The second-order valence-corrected chi connectivity index (χ2v) is 7.91. The first-order valence-electron chi connectivity index (χ1n) is 9.34. The number of hydrogen-bond acceptors (Lipinski definition) is 6. The molecule has 1 atom stereocenters. The number of carbonyl (C=O) groups is 1. The van der Waals surface area contributed by atoms with E-state index in [2.05, 4.69) is 9.97 Å². The van der Waals surface area contributed by atoms with Crippen LogP contribution < -0.4 is 9.64 Å². The van der Waals surface area contributed by atoms with Gasteiger partial charge >= 0.3 is 12.0 Å². The van der Waals surface area contributed by atoms with Crippen LogP contribution in [0.25, 0.3) is 0 Å². The molecule has 1 saturated carbocycles. The molecule has 1 spiro atoms. The van der Waals surface area contributed by atoms with Crippen LogP contribution in [0.2, 0.25) is 5.02 Å². The number of anilines is 1. The molecule has 154 valence electrons. The third-order valence-electron chi connectivity index (χ3n) is 5.81. The van der Waals surface area contributed by atoms with Crippen LogP contribution in [0.15, 0.2) is 24.4 Å². The van der Waals surface area contributed by atoms with Crippen molar-refractivity contribution < 1.29 is 23.0 Å². The number of carbonyl (C=O) groups excluding carboxylic acids is 1. The highest BCUT2D eigenvalue weighted by Gasteiger charge is 2.59. The first-order valence-corrected chi connectivity index (χ1v) is 9.72.